The second kappa shape index (κ2) is 6.52. The Labute approximate surface area is 141 Å². The van der Waals surface area contributed by atoms with Crippen molar-refractivity contribution in [2.45, 2.75) is 6.42 Å². The van der Waals surface area contributed by atoms with Crippen LogP contribution in [0.15, 0.2) is 47.3 Å². The molecule has 0 unspecified atom stereocenters. The highest BCUT2D eigenvalue weighted by atomic mass is 16.6. The Morgan fingerprint density at radius 3 is 2.60 bits per heavy atom. The number of nitro groups is 1. The number of carbonyl (C=O) groups excluding carboxylic acids is 1. The number of hydrogen-bond acceptors (Lipinski definition) is 6. The minimum absolute atomic E-state index is 0.0576. The maximum atomic E-state index is 12.3. The number of aromatic amines is 1. The van der Waals surface area contributed by atoms with Crippen molar-refractivity contribution >= 4 is 22.5 Å². The molecule has 0 spiro atoms. The van der Waals surface area contributed by atoms with Gasteiger partial charge in [0.15, 0.2) is 5.78 Å². The Kier molecular flexibility index (Phi) is 4.25. The number of ketones is 1. The summed E-state index contributed by atoms with van der Waals surface area (Å²) in [5.74, 6) is 0.363. The van der Waals surface area contributed by atoms with Crippen LogP contribution in [0.3, 0.4) is 0 Å². The first-order valence-corrected chi connectivity index (χ1v) is 7.32. The summed E-state index contributed by atoms with van der Waals surface area (Å²) < 4.78 is 5.03. The van der Waals surface area contributed by atoms with Gasteiger partial charge in [-0.1, -0.05) is 0 Å². The number of nitrogens with one attached hydrogen (secondary N) is 1. The summed E-state index contributed by atoms with van der Waals surface area (Å²) in [7, 11) is 1.53. The second-order valence-electron chi connectivity index (χ2n) is 5.30. The smallest absolute Gasteiger partial charge is 0.271 e. The number of nitrogens with zero attached hydrogens (tertiary/aromatic N) is 2. The van der Waals surface area contributed by atoms with Crippen LogP contribution in [0.25, 0.3) is 11.0 Å². The Morgan fingerprint density at radius 2 is 1.96 bits per heavy atom. The lowest BCUT2D eigenvalue weighted by Gasteiger charge is -2.04. The van der Waals surface area contributed by atoms with E-state index in [9.17, 15) is 19.7 Å². The number of rotatable bonds is 5. The van der Waals surface area contributed by atoms with Crippen molar-refractivity contribution in [3.63, 3.8) is 0 Å². The minimum Gasteiger partial charge on any atom is -0.497 e. The van der Waals surface area contributed by atoms with E-state index in [-0.39, 0.29) is 29.1 Å². The molecule has 0 bridgehead atoms. The third-order valence-electron chi connectivity index (χ3n) is 3.70. The third-order valence-corrected chi connectivity index (χ3v) is 3.70. The van der Waals surface area contributed by atoms with Crippen LogP contribution < -0.4 is 10.3 Å². The molecule has 0 radical (unpaired) electrons. The summed E-state index contributed by atoms with van der Waals surface area (Å²) in [4.78, 5) is 41.4. The molecular weight excluding hydrogens is 326 g/mol. The first kappa shape index (κ1) is 16.3. The highest BCUT2D eigenvalue weighted by Gasteiger charge is 2.14. The number of non-ortho nitro benzene ring substituents is 1. The maximum absolute atomic E-state index is 12.3. The van der Waals surface area contributed by atoms with Gasteiger partial charge in [0.1, 0.15) is 11.4 Å². The van der Waals surface area contributed by atoms with E-state index in [1.54, 1.807) is 24.3 Å². The average Bonchev–Trinajstić information content (AvgIpc) is 2.61. The van der Waals surface area contributed by atoms with E-state index in [1.807, 2.05) is 0 Å². The number of H-pyrrole nitrogens is 1. The lowest BCUT2D eigenvalue weighted by atomic mass is 10.1. The highest BCUT2D eigenvalue weighted by molar-refractivity contribution is 5.97. The van der Waals surface area contributed by atoms with Gasteiger partial charge in [-0.3, -0.25) is 19.7 Å². The van der Waals surface area contributed by atoms with Crippen molar-refractivity contribution in [3.8, 4) is 5.75 Å². The molecule has 0 atom stereocenters. The normalized spacial score (nSPS) is 10.6. The molecule has 8 heteroatoms. The summed E-state index contributed by atoms with van der Waals surface area (Å²) in [6.45, 7) is 0. The quantitative estimate of drug-likeness (QED) is 0.433. The summed E-state index contributed by atoms with van der Waals surface area (Å²) >= 11 is 0. The molecule has 0 aliphatic carbocycles. The number of ether oxygens (including phenoxy) is 1. The molecule has 0 saturated heterocycles. The molecule has 1 N–H and O–H groups in total. The van der Waals surface area contributed by atoms with Gasteiger partial charge >= 0.3 is 0 Å². The van der Waals surface area contributed by atoms with Crippen LogP contribution >= 0.6 is 0 Å². The van der Waals surface area contributed by atoms with Crippen LogP contribution in [0, 0.1) is 10.1 Å². The molecule has 8 nitrogen and oxygen atoms in total. The van der Waals surface area contributed by atoms with E-state index >= 15 is 0 Å². The minimum atomic E-state index is -0.557. The molecule has 3 rings (SSSR count). The molecule has 3 aromatic rings. The zero-order chi connectivity index (χ0) is 18.0. The molecular formula is C17H13N3O5. The van der Waals surface area contributed by atoms with Gasteiger partial charge in [-0.25, -0.2) is 4.98 Å². The van der Waals surface area contributed by atoms with Gasteiger partial charge in [-0.2, -0.15) is 0 Å². The van der Waals surface area contributed by atoms with Crippen LogP contribution in [0.5, 0.6) is 5.75 Å². The Hall–Kier alpha value is -3.55. The van der Waals surface area contributed by atoms with E-state index < -0.39 is 10.5 Å². The molecule has 1 heterocycles. The van der Waals surface area contributed by atoms with E-state index in [0.717, 1.165) is 0 Å². The van der Waals surface area contributed by atoms with Gasteiger partial charge in [0.2, 0.25) is 0 Å². The van der Waals surface area contributed by atoms with Crippen molar-refractivity contribution in [2.75, 3.05) is 7.11 Å². The molecule has 0 fully saturated rings. The largest absolute Gasteiger partial charge is 0.497 e. The van der Waals surface area contributed by atoms with E-state index in [4.69, 9.17) is 4.74 Å². The van der Waals surface area contributed by atoms with Gasteiger partial charge < -0.3 is 9.72 Å². The predicted molar refractivity (Wildman–Crippen MR) is 90.0 cm³/mol. The SMILES string of the molecule is COc1ccc(C(=O)Cc2nc3ccc([N+](=O)[O-])cc3[nH]c2=O)cc1. The Morgan fingerprint density at radius 1 is 1.24 bits per heavy atom. The highest BCUT2D eigenvalue weighted by Crippen LogP contribution is 2.17. The van der Waals surface area contributed by atoms with Crippen molar-refractivity contribution < 1.29 is 14.5 Å². The van der Waals surface area contributed by atoms with Gasteiger partial charge in [0.25, 0.3) is 11.2 Å². The lowest BCUT2D eigenvalue weighted by Crippen LogP contribution is -2.19. The van der Waals surface area contributed by atoms with Crippen LogP contribution in [-0.4, -0.2) is 27.8 Å². The number of hydrogen-bond donors (Lipinski definition) is 1. The van der Waals surface area contributed by atoms with E-state index in [1.165, 1.54) is 25.3 Å². The van der Waals surface area contributed by atoms with Crippen molar-refractivity contribution in [3.05, 3.63) is 74.2 Å². The fraction of sp³-hybridized carbons (Fsp3) is 0.118. The first-order valence-electron chi connectivity index (χ1n) is 7.32. The predicted octanol–water partition coefficient (Wildman–Crippen LogP) is 2.27. The number of aromatic nitrogens is 2. The molecule has 0 amide bonds. The molecule has 0 aliphatic heterocycles. The molecule has 126 valence electrons. The van der Waals surface area contributed by atoms with E-state index in [2.05, 4.69) is 9.97 Å². The fourth-order valence-electron chi connectivity index (χ4n) is 2.38. The Bertz CT molecular complexity index is 1020. The maximum Gasteiger partial charge on any atom is 0.271 e. The zero-order valence-electron chi connectivity index (χ0n) is 13.2. The van der Waals surface area contributed by atoms with Crippen LogP contribution in [0.2, 0.25) is 0 Å². The van der Waals surface area contributed by atoms with Gasteiger partial charge in [0.05, 0.1) is 29.5 Å². The summed E-state index contributed by atoms with van der Waals surface area (Å²) in [5.41, 5.74) is 0.428. The lowest BCUT2D eigenvalue weighted by molar-refractivity contribution is -0.384. The summed E-state index contributed by atoms with van der Waals surface area (Å²) in [6.07, 6.45) is -0.172. The topological polar surface area (TPSA) is 115 Å². The number of nitro benzene ring substituents is 1. The number of methoxy groups -OCH3 is 1. The summed E-state index contributed by atoms with van der Waals surface area (Å²) in [5, 5.41) is 10.8. The van der Waals surface area contributed by atoms with Crippen molar-refractivity contribution in [1.82, 2.24) is 9.97 Å². The zero-order valence-corrected chi connectivity index (χ0v) is 13.2. The number of fused-ring (bicyclic) bond motifs is 1. The Balaban J connectivity index is 1.91. The van der Waals surface area contributed by atoms with Gasteiger partial charge in [-0.05, 0) is 30.3 Å². The van der Waals surface area contributed by atoms with Crippen LogP contribution in [0.4, 0.5) is 5.69 Å². The molecule has 0 saturated carbocycles. The van der Waals surface area contributed by atoms with Crippen molar-refractivity contribution in [2.24, 2.45) is 0 Å². The standard InChI is InChI=1S/C17H13N3O5/c1-25-12-5-2-10(3-6-12)16(21)9-15-17(22)19-14-8-11(20(23)24)4-7-13(14)18-15/h2-8H,9H2,1H3,(H,19,22). The molecule has 0 aliphatic rings. The van der Waals surface area contributed by atoms with Crippen LogP contribution in [-0.2, 0) is 6.42 Å². The molecule has 2 aromatic carbocycles. The first-order chi connectivity index (χ1) is 12.0. The van der Waals surface area contributed by atoms with Crippen molar-refractivity contribution in [1.29, 1.82) is 0 Å². The fourth-order valence-corrected chi connectivity index (χ4v) is 2.38. The third kappa shape index (κ3) is 3.37. The monoisotopic (exact) mass is 339 g/mol. The number of Topliss-reactive ketones (excluding diaryl/α,β-unsaturated/α-hetero) is 1. The number of carbonyl (C=O) groups is 1. The van der Waals surface area contributed by atoms with Gasteiger partial charge in [0, 0.05) is 17.7 Å². The van der Waals surface area contributed by atoms with E-state index in [0.29, 0.717) is 16.8 Å². The average molecular weight is 339 g/mol. The van der Waals surface area contributed by atoms with Crippen LogP contribution in [0.1, 0.15) is 16.1 Å². The summed E-state index contributed by atoms with van der Waals surface area (Å²) in [6, 6.07) is 10.5. The van der Waals surface area contributed by atoms with Gasteiger partial charge in [-0.15, -0.1) is 0 Å². The molecule has 25 heavy (non-hydrogen) atoms. The second-order valence-corrected chi connectivity index (χ2v) is 5.30. The number of benzene rings is 2. The molecule has 1 aromatic heterocycles.